The van der Waals surface area contributed by atoms with Crippen molar-refractivity contribution in [2.24, 2.45) is 5.92 Å². The molecule has 0 aliphatic heterocycles. The Balaban J connectivity index is 2.04. The first-order valence-corrected chi connectivity index (χ1v) is 7.22. The molecule has 3 nitrogen and oxygen atoms in total. The average molecular weight is 252 g/mol. The molecular weight excluding hydrogens is 232 g/mol. The van der Waals surface area contributed by atoms with Gasteiger partial charge in [0.2, 0.25) is 0 Å². The maximum atomic E-state index is 10.9. The summed E-state index contributed by atoms with van der Waals surface area (Å²) in [5.74, 6) is 0.814. The molecular formula is C13H20N2OS. The van der Waals surface area contributed by atoms with Gasteiger partial charge in [0.15, 0.2) is 11.4 Å². The van der Waals surface area contributed by atoms with Gasteiger partial charge >= 0.3 is 0 Å². The lowest BCUT2D eigenvalue weighted by atomic mass is 10.1. The fourth-order valence-electron chi connectivity index (χ4n) is 2.52. The van der Waals surface area contributed by atoms with Crippen LogP contribution in [-0.2, 0) is 6.42 Å². The summed E-state index contributed by atoms with van der Waals surface area (Å²) in [7, 11) is 2.09. The summed E-state index contributed by atoms with van der Waals surface area (Å²) in [6.07, 6.45) is 7.20. The lowest BCUT2D eigenvalue weighted by molar-refractivity contribution is 0.112. The van der Waals surface area contributed by atoms with Crippen LogP contribution >= 0.6 is 11.3 Å². The van der Waals surface area contributed by atoms with Gasteiger partial charge in [0.1, 0.15) is 0 Å². The summed E-state index contributed by atoms with van der Waals surface area (Å²) in [5, 5.41) is 0.996. The SMILES string of the molecule is CCc1nc(N(C)CC2CCCC2)sc1C=O. The van der Waals surface area contributed by atoms with Gasteiger partial charge in [-0.1, -0.05) is 31.1 Å². The summed E-state index contributed by atoms with van der Waals surface area (Å²) in [5.41, 5.74) is 0.943. The predicted octanol–water partition coefficient (Wildman–Crippen LogP) is 3.14. The molecule has 1 aromatic heterocycles. The first-order valence-electron chi connectivity index (χ1n) is 6.40. The zero-order valence-corrected chi connectivity index (χ0v) is 11.4. The Bertz CT molecular complexity index is 383. The summed E-state index contributed by atoms with van der Waals surface area (Å²) < 4.78 is 0. The van der Waals surface area contributed by atoms with Gasteiger partial charge in [-0.25, -0.2) is 4.98 Å². The van der Waals surface area contributed by atoms with Crippen LogP contribution in [0.2, 0.25) is 0 Å². The Morgan fingerprint density at radius 1 is 1.47 bits per heavy atom. The van der Waals surface area contributed by atoms with Crippen LogP contribution in [0.15, 0.2) is 0 Å². The van der Waals surface area contributed by atoms with E-state index in [2.05, 4.69) is 16.9 Å². The van der Waals surface area contributed by atoms with Gasteiger partial charge in [-0.05, 0) is 25.2 Å². The van der Waals surface area contributed by atoms with Crippen LogP contribution < -0.4 is 4.90 Å². The molecule has 0 bridgehead atoms. The van der Waals surface area contributed by atoms with Crippen LogP contribution in [0, 0.1) is 5.92 Å². The van der Waals surface area contributed by atoms with Crippen LogP contribution in [0.5, 0.6) is 0 Å². The van der Waals surface area contributed by atoms with Crippen molar-refractivity contribution in [3.63, 3.8) is 0 Å². The molecule has 0 unspecified atom stereocenters. The summed E-state index contributed by atoms with van der Waals surface area (Å²) in [4.78, 5) is 18.5. The van der Waals surface area contributed by atoms with Crippen molar-refractivity contribution in [2.45, 2.75) is 39.0 Å². The molecule has 1 aromatic rings. The molecule has 1 heterocycles. The molecule has 0 aromatic carbocycles. The molecule has 0 spiro atoms. The number of carbonyl (C=O) groups is 1. The fraction of sp³-hybridized carbons (Fsp3) is 0.692. The molecule has 0 atom stereocenters. The number of aryl methyl sites for hydroxylation is 1. The molecule has 1 saturated carbocycles. The van der Waals surface area contributed by atoms with Crippen molar-refractivity contribution in [2.75, 3.05) is 18.5 Å². The third-order valence-corrected chi connectivity index (χ3v) is 4.63. The van der Waals surface area contributed by atoms with Gasteiger partial charge in [-0.2, -0.15) is 0 Å². The highest BCUT2D eigenvalue weighted by Gasteiger charge is 2.19. The highest BCUT2D eigenvalue weighted by atomic mass is 32.1. The monoisotopic (exact) mass is 252 g/mol. The second kappa shape index (κ2) is 5.63. The molecule has 1 aliphatic rings. The minimum Gasteiger partial charge on any atom is -0.351 e. The van der Waals surface area contributed by atoms with E-state index in [0.717, 1.165) is 40.9 Å². The molecule has 1 fully saturated rings. The number of thiazole rings is 1. The van der Waals surface area contributed by atoms with Gasteiger partial charge in [0.25, 0.3) is 0 Å². The minimum absolute atomic E-state index is 0.792. The lowest BCUT2D eigenvalue weighted by Crippen LogP contribution is -2.23. The smallest absolute Gasteiger partial charge is 0.185 e. The number of aldehydes is 1. The number of hydrogen-bond donors (Lipinski definition) is 0. The van der Waals surface area contributed by atoms with Crippen molar-refractivity contribution < 1.29 is 4.79 Å². The van der Waals surface area contributed by atoms with Crippen LogP contribution in [0.1, 0.15) is 48.0 Å². The lowest BCUT2D eigenvalue weighted by Gasteiger charge is -2.19. The minimum atomic E-state index is 0.792. The summed E-state index contributed by atoms with van der Waals surface area (Å²) in [6, 6.07) is 0. The van der Waals surface area contributed by atoms with Crippen LogP contribution in [0.3, 0.4) is 0 Å². The van der Waals surface area contributed by atoms with Crippen molar-refractivity contribution in [3.8, 4) is 0 Å². The first kappa shape index (κ1) is 12.6. The van der Waals surface area contributed by atoms with Gasteiger partial charge in [0, 0.05) is 13.6 Å². The maximum absolute atomic E-state index is 10.9. The van der Waals surface area contributed by atoms with E-state index in [-0.39, 0.29) is 0 Å². The van der Waals surface area contributed by atoms with E-state index in [1.54, 1.807) is 0 Å². The Morgan fingerprint density at radius 3 is 2.71 bits per heavy atom. The van der Waals surface area contributed by atoms with Crippen molar-refractivity contribution >= 4 is 22.8 Å². The van der Waals surface area contributed by atoms with Gasteiger partial charge < -0.3 is 4.90 Å². The number of carbonyl (C=O) groups excluding carboxylic acids is 1. The molecule has 2 rings (SSSR count). The Labute approximate surface area is 107 Å². The van der Waals surface area contributed by atoms with E-state index >= 15 is 0 Å². The highest BCUT2D eigenvalue weighted by Crippen LogP contribution is 2.29. The third-order valence-electron chi connectivity index (χ3n) is 3.49. The Hall–Kier alpha value is -0.900. The van der Waals surface area contributed by atoms with Crippen LogP contribution in [0.4, 0.5) is 5.13 Å². The quantitative estimate of drug-likeness (QED) is 0.755. The van der Waals surface area contributed by atoms with E-state index in [1.807, 2.05) is 6.92 Å². The molecule has 94 valence electrons. The standard InChI is InChI=1S/C13H20N2OS/c1-3-11-12(9-16)17-13(14-11)15(2)8-10-6-4-5-7-10/h9-10H,3-8H2,1-2H3. The number of nitrogens with zero attached hydrogens (tertiary/aromatic N) is 2. The van der Waals surface area contributed by atoms with Crippen molar-refractivity contribution in [1.82, 2.24) is 4.98 Å². The van der Waals surface area contributed by atoms with Crippen LogP contribution in [0.25, 0.3) is 0 Å². The second-order valence-electron chi connectivity index (χ2n) is 4.81. The normalized spacial score (nSPS) is 16.4. The Morgan fingerprint density at radius 2 is 2.18 bits per heavy atom. The fourth-order valence-corrected chi connectivity index (χ4v) is 3.46. The topological polar surface area (TPSA) is 33.2 Å². The largest absolute Gasteiger partial charge is 0.351 e. The van der Waals surface area contributed by atoms with E-state index in [9.17, 15) is 4.79 Å². The molecule has 4 heteroatoms. The van der Waals surface area contributed by atoms with Gasteiger partial charge in [0.05, 0.1) is 10.6 Å². The zero-order chi connectivity index (χ0) is 12.3. The summed E-state index contributed by atoms with van der Waals surface area (Å²) >= 11 is 1.52. The molecule has 17 heavy (non-hydrogen) atoms. The van der Waals surface area contributed by atoms with Crippen molar-refractivity contribution in [1.29, 1.82) is 0 Å². The van der Waals surface area contributed by atoms with Gasteiger partial charge in [-0.3, -0.25) is 4.79 Å². The highest BCUT2D eigenvalue weighted by molar-refractivity contribution is 7.17. The second-order valence-corrected chi connectivity index (χ2v) is 5.82. The van der Waals surface area contributed by atoms with Crippen LogP contribution in [-0.4, -0.2) is 24.9 Å². The van der Waals surface area contributed by atoms with Crippen molar-refractivity contribution in [3.05, 3.63) is 10.6 Å². The predicted molar refractivity (Wildman–Crippen MR) is 72.1 cm³/mol. The van der Waals surface area contributed by atoms with E-state index in [0.29, 0.717) is 0 Å². The number of aromatic nitrogens is 1. The number of anilines is 1. The third kappa shape index (κ3) is 2.86. The molecule has 1 aliphatic carbocycles. The molecule has 0 radical (unpaired) electrons. The van der Waals surface area contributed by atoms with E-state index < -0.39 is 0 Å². The molecule has 0 N–H and O–H groups in total. The number of hydrogen-bond acceptors (Lipinski definition) is 4. The molecule has 0 saturated heterocycles. The first-order chi connectivity index (χ1) is 8.24. The van der Waals surface area contributed by atoms with E-state index in [4.69, 9.17) is 0 Å². The zero-order valence-electron chi connectivity index (χ0n) is 10.6. The average Bonchev–Trinajstić information content (AvgIpc) is 2.96. The van der Waals surface area contributed by atoms with Gasteiger partial charge in [-0.15, -0.1) is 0 Å². The Kier molecular flexibility index (Phi) is 4.15. The maximum Gasteiger partial charge on any atom is 0.185 e. The van der Waals surface area contributed by atoms with E-state index in [1.165, 1.54) is 37.0 Å². The molecule has 0 amide bonds. The number of rotatable bonds is 5. The summed E-state index contributed by atoms with van der Waals surface area (Å²) in [6.45, 7) is 3.12.